The summed E-state index contributed by atoms with van der Waals surface area (Å²) >= 11 is 0. The molecule has 1 atom stereocenters. The molecule has 4 nitrogen and oxygen atoms in total. The summed E-state index contributed by atoms with van der Waals surface area (Å²) in [7, 11) is 0. The first-order valence-electron chi connectivity index (χ1n) is 5.10. The molecule has 0 radical (unpaired) electrons. The number of rotatable bonds is 3. The molecule has 1 saturated carbocycles. The molecule has 2 N–H and O–H groups in total. The number of aryl methyl sites for hydroxylation is 1. The monoisotopic (exact) mass is 242 g/mol. The van der Waals surface area contributed by atoms with Crippen LogP contribution in [0.5, 0.6) is 0 Å². The van der Waals surface area contributed by atoms with Crippen molar-refractivity contribution in [3.8, 4) is 0 Å². The average Bonchev–Trinajstić information content (AvgIpc) is 3.00. The highest BCUT2D eigenvalue weighted by Crippen LogP contribution is 2.40. The van der Waals surface area contributed by atoms with Crippen LogP contribution in [-0.2, 0) is 0 Å². The van der Waals surface area contributed by atoms with Gasteiger partial charge in [-0.1, -0.05) is 12.1 Å². The molecular weight excluding hydrogens is 228 g/mol. The van der Waals surface area contributed by atoms with E-state index >= 15 is 0 Å². The molecule has 0 amide bonds. The Labute approximate surface area is 100 Å². The van der Waals surface area contributed by atoms with Crippen LogP contribution in [0.15, 0.2) is 18.2 Å². The van der Waals surface area contributed by atoms with Gasteiger partial charge in [0, 0.05) is 17.7 Å². The fourth-order valence-electron chi connectivity index (χ4n) is 1.76. The van der Waals surface area contributed by atoms with E-state index < -0.39 is 0 Å². The Bertz CT molecular complexity index is 405. The van der Waals surface area contributed by atoms with Gasteiger partial charge >= 0.3 is 0 Å². The van der Waals surface area contributed by atoms with Gasteiger partial charge in [0.15, 0.2) is 0 Å². The highest BCUT2D eigenvalue weighted by Gasteiger charge is 2.30. The lowest BCUT2D eigenvalue weighted by atomic mass is 10.0. The summed E-state index contributed by atoms with van der Waals surface area (Å²) in [6, 6.07) is 5.24. The topological polar surface area (TPSA) is 69.2 Å². The lowest BCUT2D eigenvalue weighted by Gasteiger charge is -2.10. The maximum Gasteiger partial charge on any atom is 0.272 e. The molecule has 0 unspecified atom stereocenters. The molecule has 0 bridgehead atoms. The second-order valence-corrected chi connectivity index (χ2v) is 4.17. The van der Waals surface area contributed by atoms with Crippen molar-refractivity contribution in [1.82, 2.24) is 0 Å². The number of halogens is 1. The van der Waals surface area contributed by atoms with Gasteiger partial charge in [0.25, 0.3) is 5.69 Å². The lowest BCUT2D eigenvalue weighted by Crippen LogP contribution is -2.12. The summed E-state index contributed by atoms with van der Waals surface area (Å²) < 4.78 is 0. The standard InChI is InChI=1S/C11H14N2O2.ClH/c1-7-2-3-9(6-10(7)13(14)15)11(12)8-4-5-8;/h2-3,6,8,11H,4-5,12H2,1H3;1H/t11-;/m0./s1. The first-order chi connectivity index (χ1) is 7.09. The van der Waals surface area contributed by atoms with Gasteiger partial charge in [0.1, 0.15) is 0 Å². The van der Waals surface area contributed by atoms with Gasteiger partial charge in [-0.25, -0.2) is 0 Å². The van der Waals surface area contributed by atoms with Crippen LogP contribution in [0.2, 0.25) is 0 Å². The van der Waals surface area contributed by atoms with Crippen molar-refractivity contribution in [1.29, 1.82) is 0 Å². The molecule has 1 aromatic rings. The Morgan fingerprint density at radius 1 is 1.50 bits per heavy atom. The smallest absolute Gasteiger partial charge is 0.272 e. The quantitative estimate of drug-likeness (QED) is 0.655. The second kappa shape index (κ2) is 4.80. The summed E-state index contributed by atoms with van der Waals surface area (Å²) in [5.41, 5.74) is 7.74. The van der Waals surface area contributed by atoms with Crippen LogP contribution in [0.4, 0.5) is 5.69 Å². The van der Waals surface area contributed by atoms with E-state index in [-0.39, 0.29) is 29.1 Å². The van der Waals surface area contributed by atoms with Gasteiger partial charge in [-0.2, -0.15) is 0 Å². The number of nitro benzene ring substituents is 1. The predicted molar refractivity (Wildman–Crippen MR) is 64.7 cm³/mol. The molecule has 1 fully saturated rings. The minimum absolute atomic E-state index is 0. The fraction of sp³-hybridized carbons (Fsp3) is 0.455. The van der Waals surface area contributed by atoms with Crippen LogP contribution < -0.4 is 5.73 Å². The van der Waals surface area contributed by atoms with Crippen molar-refractivity contribution in [2.75, 3.05) is 0 Å². The normalized spacial score (nSPS) is 16.4. The molecule has 2 rings (SSSR count). The number of hydrogen-bond donors (Lipinski definition) is 1. The Morgan fingerprint density at radius 3 is 2.62 bits per heavy atom. The number of nitro groups is 1. The molecule has 16 heavy (non-hydrogen) atoms. The first kappa shape index (κ1) is 12.9. The molecular formula is C11H15ClN2O2. The second-order valence-electron chi connectivity index (χ2n) is 4.17. The molecule has 0 aliphatic heterocycles. The zero-order chi connectivity index (χ0) is 11.0. The van der Waals surface area contributed by atoms with Crippen molar-refractivity contribution < 1.29 is 4.92 Å². The molecule has 88 valence electrons. The van der Waals surface area contributed by atoms with E-state index in [1.54, 1.807) is 19.1 Å². The molecule has 0 heterocycles. The Balaban J connectivity index is 0.00000128. The van der Waals surface area contributed by atoms with Crippen LogP contribution in [0.25, 0.3) is 0 Å². The van der Waals surface area contributed by atoms with Crippen LogP contribution in [0, 0.1) is 23.0 Å². The molecule has 0 spiro atoms. The van der Waals surface area contributed by atoms with E-state index in [4.69, 9.17) is 5.73 Å². The van der Waals surface area contributed by atoms with Crippen LogP contribution in [-0.4, -0.2) is 4.92 Å². The fourth-order valence-corrected chi connectivity index (χ4v) is 1.76. The third kappa shape index (κ3) is 2.51. The van der Waals surface area contributed by atoms with Crippen LogP contribution in [0.3, 0.4) is 0 Å². The first-order valence-corrected chi connectivity index (χ1v) is 5.10. The highest BCUT2D eigenvalue weighted by atomic mass is 35.5. The zero-order valence-electron chi connectivity index (χ0n) is 9.05. The van der Waals surface area contributed by atoms with E-state index in [0.29, 0.717) is 11.5 Å². The van der Waals surface area contributed by atoms with E-state index in [2.05, 4.69) is 0 Å². The van der Waals surface area contributed by atoms with Gasteiger partial charge in [0.05, 0.1) is 4.92 Å². The summed E-state index contributed by atoms with van der Waals surface area (Å²) in [6.45, 7) is 1.74. The summed E-state index contributed by atoms with van der Waals surface area (Å²) in [4.78, 5) is 10.4. The predicted octanol–water partition coefficient (Wildman–Crippen LogP) is 2.73. The molecule has 5 heteroatoms. The van der Waals surface area contributed by atoms with Crippen molar-refractivity contribution in [2.45, 2.75) is 25.8 Å². The van der Waals surface area contributed by atoms with Crippen molar-refractivity contribution in [2.24, 2.45) is 11.7 Å². The largest absolute Gasteiger partial charge is 0.324 e. The van der Waals surface area contributed by atoms with Gasteiger partial charge in [0.2, 0.25) is 0 Å². The molecule has 0 saturated heterocycles. The summed E-state index contributed by atoms with van der Waals surface area (Å²) in [5, 5.41) is 10.7. The van der Waals surface area contributed by atoms with Gasteiger partial charge in [-0.3, -0.25) is 10.1 Å². The highest BCUT2D eigenvalue weighted by molar-refractivity contribution is 5.85. The molecule has 1 aliphatic carbocycles. The number of benzene rings is 1. The van der Waals surface area contributed by atoms with Gasteiger partial charge in [-0.05, 0) is 31.2 Å². The maximum atomic E-state index is 10.7. The summed E-state index contributed by atoms with van der Waals surface area (Å²) in [5.74, 6) is 0.521. The van der Waals surface area contributed by atoms with Crippen LogP contribution >= 0.6 is 12.4 Å². The number of nitrogens with two attached hydrogens (primary N) is 1. The number of hydrogen-bond acceptors (Lipinski definition) is 3. The minimum atomic E-state index is -0.349. The Morgan fingerprint density at radius 2 is 2.12 bits per heavy atom. The lowest BCUT2D eigenvalue weighted by molar-refractivity contribution is -0.385. The third-order valence-electron chi connectivity index (χ3n) is 2.94. The van der Waals surface area contributed by atoms with E-state index in [0.717, 1.165) is 18.4 Å². The van der Waals surface area contributed by atoms with Crippen molar-refractivity contribution in [3.63, 3.8) is 0 Å². The van der Waals surface area contributed by atoms with Crippen molar-refractivity contribution >= 4 is 18.1 Å². The molecule has 1 aromatic carbocycles. The van der Waals surface area contributed by atoms with E-state index in [1.807, 2.05) is 6.07 Å². The Hall–Kier alpha value is -1.13. The summed E-state index contributed by atoms with van der Waals surface area (Å²) in [6.07, 6.45) is 2.28. The zero-order valence-corrected chi connectivity index (χ0v) is 9.87. The number of nitrogens with zero attached hydrogens (tertiary/aromatic N) is 1. The van der Waals surface area contributed by atoms with Crippen molar-refractivity contribution in [3.05, 3.63) is 39.4 Å². The maximum absolute atomic E-state index is 10.7. The Kier molecular flexibility index (Phi) is 3.88. The van der Waals surface area contributed by atoms with E-state index in [1.165, 1.54) is 0 Å². The molecule has 1 aliphatic rings. The molecule has 0 aromatic heterocycles. The van der Waals surface area contributed by atoms with Gasteiger partial charge < -0.3 is 5.73 Å². The minimum Gasteiger partial charge on any atom is -0.324 e. The van der Waals surface area contributed by atoms with E-state index in [9.17, 15) is 10.1 Å². The third-order valence-corrected chi connectivity index (χ3v) is 2.94. The SMILES string of the molecule is Cc1ccc([C@@H](N)C2CC2)cc1[N+](=O)[O-].Cl. The average molecular weight is 243 g/mol. The van der Waals surface area contributed by atoms with Gasteiger partial charge in [-0.15, -0.1) is 12.4 Å². The van der Waals surface area contributed by atoms with Crippen LogP contribution in [0.1, 0.15) is 30.0 Å².